The van der Waals surface area contributed by atoms with Crippen LogP contribution in [0.3, 0.4) is 0 Å². The molecule has 0 fully saturated rings. The largest absolute Gasteiger partial charge is 0.143 e. The molecule has 0 aromatic heterocycles. The van der Waals surface area contributed by atoms with Crippen LogP contribution in [-0.4, -0.2) is 15.5 Å². The monoisotopic (exact) mass is 304 g/mol. The molecule has 110 valence electrons. The van der Waals surface area contributed by atoms with Crippen molar-refractivity contribution in [2.24, 2.45) is 0 Å². The quantitative estimate of drug-likeness (QED) is 0.340. The second kappa shape index (κ2) is 7.59. The van der Waals surface area contributed by atoms with E-state index in [1.54, 1.807) is 0 Å². The maximum Gasteiger partial charge on any atom is 0.0816 e. The molecule has 0 rings (SSSR count). The third-order valence-electron chi connectivity index (χ3n) is 5.38. The lowest BCUT2D eigenvalue weighted by molar-refractivity contribution is 0.850. The highest BCUT2D eigenvalue weighted by Crippen LogP contribution is 2.58. The fourth-order valence-electron chi connectivity index (χ4n) is 3.91. The summed E-state index contributed by atoms with van der Waals surface area (Å²) in [6, 6.07) is 4.54. The van der Waals surface area contributed by atoms with Crippen LogP contribution in [0.5, 0.6) is 0 Å². The summed E-state index contributed by atoms with van der Waals surface area (Å²) in [5.41, 5.74) is 2.85. The van der Waals surface area contributed by atoms with Gasteiger partial charge in [0.05, 0.1) is 15.5 Å². The highest BCUT2D eigenvalue weighted by Gasteiger charge is 2.47. The van der Waals surface area contributed by atoms with Crippen molar-refractivity contribution in [3.63, 3.8) is 0 Å². The van der Waals surface area contributed by atoms with Gasteiger partial charge in [0, 0.05) is 0 Å². The SMILES string of the molecule is CC[Si](CC)(CC)P[Si](C(C)C)(C(C)C)C(C)C. The molecule has 0 heterocycles. The van der Waals surface area contributed by atoms with Gasteiger partial charge in [-0.2, -0.15) is 0 Å². The molecule has 0 bridgehead atoms. The summed E-state index contributed by atoms with van der Waals surface area (Å²) < 4.78 is 0. The van der Waals surface area contributed by atoms with Crippen molar-refractivity contribution in [1.29, 1.82) is 0 Å². The number of rotatable bonds is 8. The standard InChI is InChI=1S/C15H37PSi2/c1-10-17(11-2,12-3)16-18(13(4)5,14(6)7)15(8)9/h13-16H,10-12H2,1-9H3. The van der Waals surface area contributed by atoms with Gasteiger partial charge in [-0.05, 0) is 16.6 Å². The van der Waals surface area contributed by atoms with Crippen molar-refractivity contribution in [1.82, 2.24) is 0 Å². The first-order chi connectivity index (χ1) is 8.22. The molecule has 1 unspecified atom stereocenters. The average Bonchev–Trinajstić information content (AvgIpc) is 2.30. The maximum atomic E-state index is 2.53. The predicted octanol–water partition coefficient (Wildman–Crippen LogP) is 6.85. The minimum Gasteiger partial charge on any atom is -0.143 e. The lowest BCUT2D eigenvalue weighted by Crippen LogP contribution is -2.45. The van der Waals surface area contributed by atoms with Gasteiger partial charge in [-0.15, -0.1) is 7.68 Å². The van der Waals surface area contributed by atoms with E-state index < -0.39 is 15.5 Å². The van der Waals surface area contributed by atoms with Gasteiger partial charge < -0.3 is 0 Å². The van der Waals surface area contributed by atoms with Gasteiger partial charge in [-0.25, -0.2) is 0 Å². The normalized spacial score (nSPS) is 14.7. The van der Waals surface area contributed by atoms with Gasteiger partial charge in [0.25, 0.3) is 0 Å². The predicted molar refractivity (Wildman–Crippen MR) is 96.6 cm³/mol. The summed E-state index contributed by atoms with van der Waals surface area (Å²) in [7, 11) is -0.714. The van der Waals surface area contributed by atoms with Crippen molar-refractivity contribution in [3.05, 3.63) is 0 Å². The zero-order chi connectivity index (χ0) is 14.6. The van der Waals surface area contributed by atoms with E-state index in [1.165, 1.54) is 25.8 Å². The Morgan fingerprint density at radius 3 is 1.11 bits per heavy atom. The Hall–Kier alpha value is 0.864. The number of hydrogen-bond donors (Lipinski definition) is 0. The lowest BCUT2D eigenvalue weighted by Gasteiger charge is -2.49. The first-order valence-corrected chi connectivity index (χ1v) is 15.9. The molecule has 18 heavy (non-hydrogen) atoms. The fourth-order valence-corrected chi connectivity index (χ4v) is 39.5. The Labute approximate surface area is 120 Å². The molecule has 0 aliphatic carbocycles. The van der Waals surface area contributed by atoms with Crippen LogP contribution in [-0.2, 0) is 0 Å². The molecule has 0 aromatic rings. The van der Waals surface area contributed by atoms with E-state index in [2.05, 4.69) is 62.3 Å². The summed E-state index contributed by atoms with van der Waals surface area (Å²) >= 11 is 0. The molecule has 0 aromatic carbocycles. The smallest absolute Gasteiger partial charge is 0.0816 e. The molecule has 0 spiro atoms. The van der Waals surface area contributed by atoms with E-state index in [1.807, 2.05) is 0 Å². The summed E-state index contributed by atoms with van der Waals surface area (Å²) in [6.07, 6.45) is 0. The Balaban J connectivity index is 5.47. The Kier molecular flexibility index (Phi) is 7.96. The molecule has 3 heteroatoms. The van der Waals surface area contributed by atoms with Gasteiger partial charge in [0.2, 0.25) is 0 Å². The van der Waals surface area contributed by atoms with Crippen molar-refractivity contribution >= 4 is 23.2 Å². The molecular formula is C15H37PSi2. The third kappa shape index (κ3) is 3.70. The van der Waals surface area contributed by atoms with Crippen LogP contribution in [0.25, 0.3) is 0 Å². The summed E-state index contributed by atoms with van der Waals surface area (Å²) in [5, 5.41) is 0. The Morgan fingerprint density at radius 2 is 0.944 bits per heavy atom. The molecular weight excluding hydrogens is 267 g/mol. The second-order valence-corrected chi connectivity index (χ2v) is 25.9. The highest BCUT2D eigenvalue weighted by molar-refractivity contribution is 8.08. The molecule has 0 N–H and O–H groups in total. The average molecular weight is 305 g/mol. The topological polar surface area (TPSA) is 0 Å². The first-order valence-electron chi connectivity index (χ1n) is 8.01. The van der Waals surface area contributed by atoms with E-state index >= 15 is 0 Å². The molecule has 0 aliphatic rings. The third-order valence-corrected chi connectivity index (χ3v) is 36.1. The number of hydrogen-bond acceptors (Lipinski definition) is 0. The molecule has 1 atom stereocenters. The van der Waals surface area contributed by atoms with Crippen molar-refractivity contribution in [2.45, 2.75) is 97.1 Å². The van der Waals surface area contributed by atoms with E-state index in [0.717, 1.165) is 16.6 Å². The van der Waals surface area contributed by atoms with E-state index in [-0.39, 0.29) is 0 Å². The van der Waals surface area contributed by atoms with Crippen molar-refractivity contribution < 1.29 is 0 Å². The Morgan fingerprint density at radius 1 is 0.667 bits per heavy atom. The van der Waals surface area contributed by atoms with Gasteiger partial charge in [0.1, 0.15) is 0 Å². The minimum atomic E-state index is -1.14. The van der Waals surface area contributed by atoms with E-state index in [9.17, 15) is 0 Å². The van der Waals surface area contributed by atoms with Crippen LogP contribution in [0.15, 0.2) is 0 Å². The van der Waals surface area contributed by atoms with Gasteiger partial charge in [0.15, 0.2) is 0 Å². The zero-order valence-corrected chi connectivity index (χ0v) is 17.4. The lowest BCUT2D eigenvalue weighted by atomic mass is 10.5. The minimum absolute atomic E-state index is 0.951. The van der Waals surface area contributed by atoms with Crippen molar-refractivity contribution in [2.75, 3.05) is 0 Å². The van der Waals surface area contributed by atoms with Crippen molar-refractivity contribution in [3.8, 4) is 0 Å². The molecule has 0 saturated heterocycles. The molecule has 0 radical (unpaired) electrons. The molecule has 0 amide bonds. The molecule has 0 nitrogen and oxygen atoms in total. The van der Waals surface area contributed by atoms with Gasteiger partial charge >= 0.3 is 0 Å². The van der Waals surface area contributed by atoms with Crippen LogP contribution < -0.4 is 0 Å². The highest BCUT2D eigenvalue weighted by atomic mass is 31.6. The summed E-state index contributed by atoms with van der Waals surface area (Å²) in [5.74, 6) is 0. The van der Waals surface area contributed by atoms with Crippen LogP contribution in [0.1, 0.15) is 62.3 Å². The van der Waals surface area contributed by atoms with Gasteiger partial charge in [-0.1, -0.05) is 80.4 Å². The zero-order valence-electron chi connectivity index (χ0n) is 14.4. The first kappa shape index (κ1) is 18.9. The van der Waals surface area contributed by atoms with E-state index in [0.29, 0.717) is 0 Å². The van der Waals surface area contributed by atoms with Crippen LogP contribution in [0.2, 0.25) is 34.8 Å². The van der Waals surface area contributed by atoms with Gasteiger partial charge in [-0.3, -0.25) is 0 Å². The summed E-state index contributed by atoms with van der Waals surface area (Å²) in [6.45, 7) is 22.6. The molecule has 0 saturated carbocycles. The second-order valence-electron chi connectivity index (χ2n) is 6.86. The van der Waals surface area contributed by atoms with Crippen LogP contribution >= 0.6 is 7.68 Å². The summed E-state index contributed by atoms with van der Waals surface area (Å²) in [4.78, 5) is 0. The van der Waals surface area contributed by atoms with Crippen LogP contribution in [0.4, 0.5) is 0 Å². The van der Waals surface area contributed by atoms with Crippen LogP contribution in [0, 0.1) is 0 Å². The van der Waals surface area contributed by atoms with E-state index in [4.69, 9.17) is 0 Å². The molecule has 0 aliphatic heterocycles. The Bertz CT molecular complexity index is 203. The fraction of sp³-hybridized carbons (Fsp3) is 1.00. The maximum absolute atomic E-state index is 2.53.